The molecule has 0 unspecified atom stereocenters. The van der Waals surface area contributed by atoms with Gasteiger partial charge < -0.3 is 20.7 Å². The first-order valence-electron chi connectivity index (χ1n) is 12.1. The molecule has 3 N–H and O–H groups in total. The molecule has 0 atom stereocenters. The highest BCUT2D eigenvalue weighted by Gasteiger charge is 2.36. The number of imide groups is 1. The van der Waals surface area contributed by atoms with E-state index in [4.69, 9.17) is 4.74 Å². The van der Waals surface area contributed by atoms with Gasteiger partial charge in [-0.15, -0.1) is 0 Å². The lowest BCUT2D eigenvalue weighted by molar-refractivity contribution is -0.384. The molecule has 3 rings (SSSR count). The molecule has 0 saturated carbocycles. The minimum atomic E-state index is -0.700. The van der Waals surface area contributed by atoms with Gasteiger partial charge in [0.2, 0.25) is 11.8 Å². The van der Waals surface area contributed by atoms with Gasteiger partial charge >= 0.3 is 6.09 Å². The van der Waals surface area contributed by atoms with E-state index in [1.54, 1.807) is 45.0 Å². The van der Waals surface area contributed by atoms with E-state index in [-0.39, 0.29) is 55.2 Å². The maximum absolute atomic E-state index is 12.6. The Kier molecular flexibility index (Phi) is 8.96. The summed E-state index contributed by atoms with van der Waals surface area (Å²) < 4.78 is 5.07. The van der Waals surface area contributed by atoms with Crippen LogP contribution in [0.1, 0.15) is 59.9 Å². The molecule has 39 heavy (non-hydrogen) atoms. The highest BCUT2D eigenvalue weighted by atomic mass is 16.6. The highest BCUT2D eigenvalue weighted by molar-refractivity contribution is 6.21. The number of benzene rings is 2. The molecule has 0 bridgehead atoms. The number of anilines is 1. The van der Waals surface area contributed by atoms with E-state index in [1.165, 1.54) is 12.1 Å². The zero-order valence-electron chi connectivity index (χ0n) is 21.7. The molecular weight excluding hydrogens is 510 g/mol. The molecule has 0 spiro atoms. The fourth-order valence-corrected chi connectivity index (χ4v) is 3.71. The number of alkyl carbamates (subject to hydrolysis) is 1. The van der Waals surface area contributed by atoms with Crippen LogP contribution >= 0.6 is 0 Å². The van der Waals surface area contributed by atoms with E-state index in [0.717, 1.165) is 11.0 Å². The Balaban J connectivity index is 1.43. The first kappa shape index (κ1) is 28.8. The molecule has 0 aromatic heterocycles. The van der Waals surface area contributed by atoms with Gasteiger partial charge in [-0.2, -0.15) is 0 Å². The summed E-state index contributed by atoms with van der Waals surface area (Å²) in [5.41, 5.74) is 0.314. The van der Waals surface area contributed by atoms with Crippen molar-refractivity contribution in [2.75, 3.05) is 18.4 Å². The molecule has 13 heteroatoms. The third-order valence-electron chi connectivity index (χ3n) is 5.44. The summed E-state index contributed by atoms with van der Waals surface area (Å²) in [6.45, 7) is 5.03. The maximum atomic E-state index is 12.6. The minimum absolute atomic E-state index is 0.0169. The van der Waals surface area contributed by atoms with Gasteiger partial charge in [0.25, 0.3) is 17.5 Å². The number of hydrogen-bond acceptors (Lipinski definition) is 8. The largest absolute Gasteiger partial charge is 0.444 e. The third kappa shape index (κ3) is 8.09. The van der Waals surface area contributed by atoms with Crippen LogP contribution < -0.4 is 16.0 Å². The number of carbonyl (C=O) groups excluding carboxylic acids is 5. The van der Waals surface area contributed by atoms with E-state index >= 15 is 0 Å². The van der Waals surface area contributed by atoms with Crippen LogP contribution in [0.4, 0.5) is 16.2 Å². The summed E-state index contributed by atoms with van der Waals surface area (Å²) >= 11 is 0. The van der Waals surface area contributed by atoms with Crippen molar-refractivity contribution < 1.29 is 33.6 Å². The first-order valence-corrected chi connectivity index (χ1v) is 12.1. The number of ether oxygens (including phenoxy) is 1. The zero-order valence-corrected chi connectivity index (χ0v) is 21.7. The number of nitro groups is 1. The number of nitro benzene ring substituents is 1. The van der Waals surface area contributed by atoms with Crippen LogP contribution in [-0.4, -0.2) is 58.2 Å². The SMILES string of the molecule is CC(C)(C)OC(=O)NCC(=O)NCc1cccc(NC(=O)CCCN2C(=O)c3ccc([N+](=O)[O-])cc3C2=O)c1. The van der Waals surface area contributed by atoms with Gasteiger partial charge in [0.15, 0.2) is 0 Å². The third-order valence-corrected chi connectivity index (χ3v) is 5.44. The van der Waals surface area contributed by atoms with Gasteiger partial charge in [-0.3, -0.25) is 34.2 Å². The Bertz CT molecular complexity index is 1320. The van der Waals surface area contributed by atoms with E-state index in [2.05, 4.69) is 16.0 Å². The first-order chi connectivity index (χ1) is 18.3. The second-order valence-electron chi connectivity index (χ2n) is 9.73. The molecule has 0 aliphatic carbocycles. The topological polar surface area (TPSA) is 177 Å². The molecule has 0 fully saturated rings. The maximum Gasteiger partial charge on any atom is 0.408 e. The summed E-state index contributed by atoms with van der Waals surface area (Å²) in [4.78, 5) is 72.4. The van der Waals surface area contributed by atoms with Gasteiger partial charge in [-0.1, -0.05) is 12.1 Å². The van der Waals surface area contributed by atoms with Crippen LogP contribution in [0.3, 0.4) is 0 Å². The van der Waals surface area contributed by atoms with Crippen molar-refractivity contribution in [2.45, 2.75) is 45.8 Å². The van der Waals surface area contributed by atoms with Crippen molar-refractivity contribution >= 4 is 41.1 Å². The second kappa shape index (κ2) is 12.2. The van der Waals surface area contributed by atoms with Gasteiger partial charge in [-0.25, -0.2) is 4.79 Å². The molecule has 5 amide bonds. The molecule has 0 radical (unpaired) electrons. The van der Waals surface area contributed by atoms with Crippen LogP contribution in [0.25, 0.3) is 0 Å². The van der Waals surface area contributed by atoms with E-state index < -0.39 is 34.3 Å². The van der Waals surface area contributed by atoms with Gasteiger partial charge in [0, 0.05) is 37.3 Å². The Morgan fingerprint density at radius 3 is 2.38 bits per heavy atom. The highest BCUT2D eigenvalue weighted by Crippen LogP contribution is 2.27. The summed E-state index contributed by atoms with van der Waals surface area (Å²) in [6.07, 6.45) is -0.487. The molecular formula is C26H29N5O8. The fraction of sp³-hybridized carbons (Fsp3) is 0.346. The molecule has 1 heterocycles. The Hall–Kier alpha value is -4.81. The quantitative estimate of drug-likeness (QED) is 0.234. The van der Waals surface area contributed by atoms with E-state index in [1.807, 2.05) is 0 Å². The van der Waals surface area contributed by atoms with E-state index in [9.17, 15) is 34.1 Å². The molecule has 2 aromatic rings. The molecule has 1 aliphatic rings. The summed E-state index contributed by atoms with van der Waals surface area (Å²) in [5, 5.41) is 18.7. The van der Waals surface area contributed by atoms with Crippen molar-refractivity contribution in [3.8, 4) is 0 Å². The lowest BCUT2D eigenvalue weighted by Crippen LogP contribution is -2.39. The number of amides is 5. The van der Waals surface area contributed by atoms with Crippen LogP contribution in [0.5, 0.6) is 0 Å². The molecule has 13 nitrogen and oxygen atoms in total. The summed E-state index contributed by atoms with van der Waals surface area (Å²) in [7, 11) is 0. The fourth-order valence-electron chi connectivity index (χ4n) is 3.71. The minimum Gasteiger partial charge on any atom is -0.444 e. The number of fused-ring (bicyclic) bond motifs is 1. The Morgan fingerprint density at radius 1 is 0.974 bits per heavy atom. The van der Waals surface area contributed by atoms with Crippen LogP contribution in [0.2, 0.25) is 0 Å². The lowest BCUT2D eigenvalue weighted by atomic mass is 10.1. The van der Waals surface area contributed by atoms with Crippen LogP contribution in [-0.2, 0) is 20.9 Å². The average molecular weight is 540 g/mol. The van der Waals surface area contributed by atoms with Crippen molar-refractivity contribution in [3.05, 3.63) is 69.3 Å². The standard InChI is InChI=1S/C26H29N5O8/c1-26(2,3)39-25(36)28-15-22(33)27-14-16-6-4-7-17(12-16)29-21(32)8-5-11-30-23(34)19-10-9-18(31(37)38)13-20(19)24(30)35/h4,6-7,9-10,12-13H,5,8,11,14-15H2,1-3H3,(H,27,33)(H,28,36)(H,29,32). The van der Waals surface area contributed by atoms with Crippen LogP contribution in [0.15, 0.2) is 42.5 Å². The smallest absolute Gasteiger partial charge is 0.408 e. The number of rotatable bonds is 10. The molecule has 206 valence electrons. The number of nitrogens with one attached hydrogen (secondary N) is 3. The Morgan fingerprint density at radius 2 is 1.69 bits per heavy atom. The van der Waals surface area contributed by atoms with Crippen LogP contribution in [0, 0.1) is 10.1 Å². The number of nitrogens with zero attached hydrogens (tertiary/aromatic N) is 2. The molecule has 2 aromatic carbocycles. The zero-order chi connectivity index (χ0) is 28.7. The average Bonchev–Trinajstić information content (AvgIpc) is 3.09. The van der Waals surface area contributed by atoms with Crippen molar-refractivity contribution in [1.29, 1.82) is 0 Å². The summed E-state index contributed by atoms with van der Waals surface area (Å²) in [6, 6.07) is 10.3. The molecule has 1 aliphatic heterocycles. The Labute approximate surface area is 224 Å². The van der Waals surface area contributed by atoms with Gasteiger partial charge in [0.1, 0.15) is 12.1 Å². The van der Waals surface area contributed by atoms with Gasteiger partial charge in [0.05, 0.1) is 16.1 Å². The summed E-state index contributed by atoms with van der Waals surface area (Å²) in [5.74, 6) is -1.94. The lowest BCUT2D eigenvalue weighted by Gasteiger charge is -2.19. The number of hydrogen-bond donors (Lipinski definition) is 3. The van der Waals surface area contributed by atoms with Crippen molar-refractivity contribution in [1.82, 2.24) is 15.5 Å². The normalized spacial score (nSPS) is 12.5. The second-order valence-corrected chi connectivity index (χ2v) is 9.73. The molecule has 0 saturated heterocycles. The monoisotopic (exact) mass is 539 g/mol. The van der Waals surface area contributed by atoms with Crippen molar-refractivity contribution in [3.63, 3.8) is 0 Å². The predicted molar refractivity (Wildman–Crippen MR) is 139 cm³/mol. The van der Waals surface area contributed by atoms with E-state index in [0.29, 0.717) is 11.3 Å². The van der Waals surface area contributed by atoms with Crippen molar-refractivity contribution in [2.24, 2.45) is 0 Å². The number of carbonyl (C=O) groups is 5. The predicted octanol–water partition coefficient (Wildman–Crippen LogP) is 2.75. The van der Waals surface area contributed by atoms with Gasteiger partial charge in [-0.05, 0) is 51.0 Å². The number of non-ortho nitro benzene ring substituents is 1.